The molecule has 0 aromatic heterocycles. The van der Waals surface area contributed by atoms with Crippen molar-refractivity contribution in [3.63, 3.8) is 0 Å². The first-order valence-corrected chi connectivity index (χ1v) is 3.96. The number of benzene rings is 1. The standard InChI is InChI=1S/C10H10O2/c1-10(9(7-11)12-10)8-5-3-2-4-6-8/h2-7,9H,1H3. The van der Waals surface area contributed by atoms with E-state index < -0.39 is 0 Å². The highest BCUT2D eigenvalue weighted by atomic mass is 16.6. The Morgan fingerprint density at radius 1 is 1.42 bits per heavy atom. The van der Waals surface area contributed by atoms with E-state index in [0.29, 0.717) is 0 Å². The average Bonchev–Trinajstić information content (AvgIpc) is 2.81. The Morgan fingerprint density at radius 3 is 2.58 bits per heavy atom. The normalized spacial score (nSPS) is 32.9. The van der Waals surface area contributed by atoms with E-state index in [2.05, 4.69) is 0 Å². The van der Waals surface area contributed by atoms with E-state index in [4.69, 9.17) is 4.74 Å². The second-order valence-corrected chi connectivity index (χ2v) is 3.15. The van der Waals surface area contributed by atoms with E-state index >= 15 is 0 Å². The Hall–Kier alpha value is -1.15. The van der Waals surface area contributed by atoms with Crippen molar-refractivity contribution < 1.29 is 9.53 Å². The van der Waals surface area contributed by atoms with Crippen LogP contribution in [0, 0.1) is 0 Å². The van der Waals surface area contributed by atoms with Gasteiger partial charge in [0.05, 0.1) is 0 Å². The molecule has 1 aliphatic heterocycles. The molecule has 2 rings (SSSR count). The van der Waals surface area contributed by atoms with Crippen LogP contribution in [0.4, 0.5) is 0 Å². The summed E-state index contributed by atoms with van der Waals surface area (Å²) in [5.41, 5.74) is 0.713. The molecule has 1 aromatic carbocycles. The van der Waals surface area contributed by atoms with Crippen molar-refractivity contribution in [3.8, 4) is 0 Å². The smallest absolute Gasteiger partial charge is 0.152 e. The molecular weight excluding hydrogens is 152 g/mol. The lowest BCUT2D eigenvalue weighted by Gasteiger charge is -2.03. The zero-order valence-electron chi connectivity index (χ0n) is 6.86. The first-order chi connectivity index (χ1) is 5.77. The number of carbonyl (C=O) groups excluding carboxylic acids is 1. The molecule has 62 valence electrons. The van der Waals surface area contributed by atoms with Crippen LogP contribution in [-0.4, -0.2) is 12.4 Å². The molecular formula is C10H10O2. The van der Waals surface area contributed by atoms with Crippen LogP contribution < -0.4 is 0 Å². The summed E-state index contributed by atoms with van der Waals surface area (Å²) in [5.74, 6) is 0. The summed E-state index contributed by atoms with van der Waals surface area (Å²) in [6.45, 7) is 1.93. The van der Waals surface area contributed by atoms with Crippen LogP contribution in [0.1, 0.15) is 12.5 Å². The Bertz CT molecular complexity index is 294. The zero-order chi connectivity index (χ0) is 8.60. The van der Waals surface area contributed by atoms with Crippen molar-refractivity contribution in [2.75, 3.05) is 0 Å². The third kappa shape index (κ3) is 0.959. The third-order valence-corrected chi connectivity index (χ3v) is 2.33. The molecule has 1 aromatic rings. The van der Waals surface area contributed by atoms with Crippen LogP contribution in [0.25, 0.3) is 0 Å². The number of rotatable bonds is 2. The summed E-state index contributed by atoms with van der Waals surface area (Å²) < 4.78 is 5.27. The van der Waals surface area contributed by atoms with Crippen LogP contribution in [0.2, 0.25) is 0 Å². The lowest BCUT2D eigenvalue weighted by Crippen LogP contribution is -2.07. The topological polar surface area (TPSA) is 29.6 Å². The average molecular weight is 162 g/mol. The highest BCUT2D eigenvalue weighted by Crippen LogP contribution is 2.44. The molecule has 0 saturated carbocycles. The molecule has 0 N–H and O–H groups in total. The number of epoxide rings is 1. The summed E-state index contributed by atoms with van der Waals surface area (Å²) >= 11 is 0. The molecule has 0 radical (unpaired) electrons. The van der Waals surface area contributed by atoms with E-state index in [-0.39, 0.29) is 11.7 Å². The predicted molar refractivity (Wildman–Crippen MR) is 44.7 cm³/mol. The molecule has 12 heavy (non-hydrogen) atoms. The Balaban J connectivity index is 2.28. The van der Waals surface area contributed by atoms with Gasteiger partial charge in [-0.3, -0.25) is 0 Å². The number of hydrogen-bond donors (Lipinski definition) is 0. The van der Waals surface area contributed by atoms with Crippen molar-refractivity contribution >= 4 is 6.29 Å². The molecule has 2 atom stereocenters. The summed E-state index contributed by atoms with van der Waals surface area (Å²) in [6.07, 6.45) is 0.604. The van der Waals surface area contributed by atoms with Crippen LogP contribution in [0.5, 0.6) is 0 Å². The SMILES string of the molecule is CC1(c2ccccc2)OC1C=O. The maximum atomic E-state index is 10.4. The number of ether oxygens (including phenoxy) is 1. The lowest BCUT2D eigenvalue weighted by atomic mass is 9.98. The minimum Gasteiger partial charge on any atom is -0.353 e. The summed E-state index contributed by atoms with van der Waals surface area (Å²) in [7, 11) is 0. The fourth-order valence-electron chi connectivity index (χ4n) is 1.39. The molecule has 1 aliphatic rings. The fraction of sp³-hybridized carbons (Fsp3) is 0.300. The Labute approximate surface area is 71.2 Å². The summed E-state index contributed by atoms with van der Waals surface area (Å²) in [5, 5.41) is 0. The van der Waals surface area contributed by atoms with Gasteiger partial charge in [-0.1, -0.05) is 30.3 Å². The van der Waals surface area contributed by atoms with Gasteiger partial charge in [0.1, 0.15) is 11.7 Å². The molecule has 0 spiro atoms. The van der Waals surface area contributed by atoms with Gasteiger partial charge in [0.25, 0.3) is 0 Å². The van der Waals surface area contributed by atoms with Crippen LogP contribution in [0.3, 0.4) is 0 Å². The molecule has 2 heteroatoms. The molecule has 0 aliphatic carbocycles. The highest BCUT2D eigenvalue weighted by molar-refractivity contribution is 5.64. The van der Waals surface area contributed by atoms with Gasteiger partial charge in [0.15, 0.2) is 6.29 Å². The quantitative estimate of drug-likeness (QED) is 0.487. The molecule has 1 saturated heterocycles. The van der Waals surface area contributed by atoms with Gasteiger partial charge in [-0.2, -0.15) is 0 Å². The van der Waals surface area contributed by atoms with E-state index in [0.717, 1.165) is 11.8 Å². The maximum absolute atomic E-state index is 10.4. The molecule has 0 bridgehead atoms. The van der Waals surface area contributed by atoms with Gasteiger partial charge in [0.2, 0.25) is 0 Å². The second kappa shape index (κ2) is 2.42. The van der Waals surface area contributed by atoms with E-state index in [9.17, 15) is 4.79 Å². The molecule has 1 fully saturated rings. The fourth-order valence-corrected chi connectivity index (χ4v) is 1.39. The monoisotopic (exact) mass is 162 g/mol. The molecule has 0 amide bonds. The number of carbonyl (C=O) groups is 1. The van der Waals surface area contributed by atoms with Gasteiger partial charge in [0, 0.05) is 0 Å². The van der Waals surface area contributed by atoms with Crippen molar-refractivity contribution in [2.24, 2.45) is 0 Å². The van der Waals surface area contributed by atoms with Crippen LogP contribution >= 0.6 is 0 Å². The van der Waals surface area contributed by atoms with Crippen LogP contribution in [-0.2, 0) is 15.1 Å². The number of hydrogen-bond acceptors (Lipinski definition) is 2. The molecule has 2 nitrogen and oxygen atoms in total. The minimum atomic E-state index is -0.358. The van der Waals surface area contributed by atoms with Crippen molar-refractivity contribution in [3.05, 3.63) is 35.9 Å². The van der Waals surface area contributed by atoms with Gasteiger partial charge in [-0.05, 0) is 12.5 Å². The van der Waals surface area contributed by atoms with Crippen LogP contribution in [0.15, 0.2) is 30.3 Å². The van der Waals surface area contributed by atoms with Gasteiger partial charge < -0.3 is 9.53 Å². The highest BCUT2D eigenvalue weighted by Gasteiger charge is 2.53. The van der Waals surface area contributed by atoms with Crippen molar-refractivity contribution in [1.29, 1.82) is 0 Å². The van der Waals surface area contributed by atoms with Gasteiger partial charge in [-0.25, -0.2) is 0 Å². The zero-order valence-corrected chi connectivity index (χ0v) is 6.86. The van der Waals surface area contributed by atoms with E-state index in [1.165, 1.54) is 0 Å². The Kier molecular flexibility index (Phi) is 1.51. The van der Waals surface area contributed by atoms with Crippen molar-refractivity contribution in [1.82, 2.24) is 0 Å². The largest absolute Gasteiger partial charge is 0.353 e. The van der Waals surface area contributed by atoms with Gasteiger partial charge in [-0.15, -0.1) is 0 Å². The van der Waals surface area contributed by atoms with E-state index in [1.54, 1.807) is 0 Å². The second-order valence-electron chi connectivity index (χ2n) is 3.15. The molecule has 1 heterocycles. The van der Waals surface area contributed by atoms with Crippen molar-refractivity contribution in [2.45, 2.75) is 18.6 Å². The predicted octanol–water partition coefficient (Wildman–Crippen LogP) is 1.50. The first-order valence-electron chi connectivity index (χ1n) is 3.96. The lowest BCUT2D eigenvalue weighted by molar-refractivity contribution is -0.108. The Morgan fingerprint density at radius 2 is 2.08 bits per heavy atom. The number of aldehydes is 1. The third-order valence-electron chi connectivity index (χ3n) is 2.33. The summed E-state index contributed by atoms with van der Waals surface area (Å²) in [6, 6.07) is 9.80. The van der Waals surface area contributed by atoms with E-state index in [1.807, 2.05) is 37.3 Å². The van der Waals surface area contributed by atoms with Gasteiger partial charge >= 0.3 is 0 Å². The minimum absolute atomic E-state index is 0.250. The first kappa shape index (κ1) is 7.50. The molecule has 2 unspecified atom stereocenters. The maximum Gasteiger partial charge on any atom is 0.152 e. The summed E-state index contributed by atoms with van der Waals surface area (Å²) in [4.78, 5) is 10.4.